The highest BCUT2D eigenvalue weighted by Gasteiger charge is 2.18. The van der Waals surface area contributed by atoms with Crippen molar-refractivity contribution in [3.63, 3.8) is 0 Å². The molecule has 0 saturated carbocycles. The summed E-state index contributed by atoms with van der Waals surface area (Å²) >= 11 is 0. The summed E-state index contributed by atoms with van der Waals surface area (Å²) in [5, 5.41) is 2.93. The van der Waals surface area contributed by atoms with Crippen molar-refractivity contribution in [1.82, 2.24) is 15.1 Å². The lowest BCUT2D eigenvalue weighted by atomic mass is 10.2. The molecule has 0 aliphatic carbocycles. The molecule has 0 aromatic heterocycles. The lowest BCUT2D eigenvalue weighted by molar-refractivity contribution is -0.135. The van der Waals surface area contributed by atoms with Crippen LogP contribution in [0.15, 0.2) is 30.3 Å². The Kier molecular flexibility index (Phi) is 7.75. The summed E-state index contributed by atoms with van der Waals surface area (Å²) in [5.41, 5.74) is 1.30. The zero-order valence-corrected chi connectivity index (χ0v) is 14.7. The lowest BCUT2D eigenvalue weighted by Crippen LogP contribution is -2.41. The molecule has 1 aliphatic rings. The molecule has 5 heteroatoms. The fourth-order valence-electron chi connectivity index (χ4n) is 2.99. The third kappa shape index (κ3) is 6.71. The molecule has 0 bridgehead atoms. The third-order valence-electron chi connectivity index (χ3n) is 4.34. The van der Waals surface area contributed by atoms with Crippen LogP contribution in [-0.4, -0.2) is 54.8 Å². The molecule has 1 heterocycles. The molecule has 5 nitrogen and oxygen atoms in total. The van der Waals surface area contributed by atoms with Crippen molar-refractivity contribution in [2.24, 2.45) is 0 Å². The van der Waals surface area contributed by atoms with Gasteiger partial charge in [-0.1, -0.05) is 36.8 Å². The van der Waals surface area contributed by atoms with Crippen LogP contribution in [-0.2, 0) is 16.1 Å². The molecule has 0 radical (unpaired) electrons. The Morgan fingerprint density at radius 2 is 2.00 bits per heavy atom. The molecular weight excluding hydrogens is 302 g/mol. The second kappa shape index (κ2) is 10.1. The van der Waals surface area contributed by atoms with E-state index in [9.17, 15) is 9.59 Å². The zero-order chi connectivity index (χ0) is 17.2. The van der Waals surface area contributed by atoms with E-state index in [0.29, 0.717) is 19.5 Å². The number of carbonyl (C=O) groups excluding carboxylic acids is 2. The number of hydrogen-bond acceptors (Lipinski definition) is 3. The monoisotopic (exact) mass is 331 g/mol. The highest BCUT2D eigenvalue weighted by molar-refractivity contribution is 5.84. The first-order chi connectivity index (χ1) is 11.6. The summed E-state index contributed by atoms with van der Waals surface area (Å²) in [6.45, 7) is 3.42. The molecular formula is C19H29N3O2. The smallest absolute Gasteiger partial charge is 0.239 e. The van der Waals surface area contributed by atoms with E-state index >= 15 is 0 Å². The van der Waals surface area contributed by atoms with Gasteiger partial charge in [-0.05, 0) is 38.4 Å². The first kappa shape index (κ1) is 18.5. The Balaban J connectivity index is 1.59. The molecule has 1 aliphatic heterocycles. The van der Waals surface area contributed by atoms with Crippen molar-refractivity contribution >= 4 is 11.8 Å². The van der Waals surface area contributed by atoms with E-state index in [1.54, 1.807) is 4.90 Å². The summed E-state index contributed by atoms with van der Waals surface area (Å²) in [7, 11) is 2.09. The van der Waals surface area contributed by atoms with Crippen molar-refractivity contribution in [1.29, 1.82) is 0 Å². The fraction of sp³-hybridized carbons (Fsp3) is 0.579. The van der Waals surface area contributed by atoms with Crippen LogP contribution in [0.4, 0.5) is 0 Å². The van der Waals surface area contributed by atoms with Gasteiger partial charge in [-0.3, -0.25) is 9.59 Å². The summed E-state index contributed by atoms with van der Waals surface area (Å²) in [6, 6.07) is 10.4. The second-order valence-corrected chi connectivity index (χ2v) is 6.55. The maximum atomic E-state index is 12.0. The van der Waals surface area contributed by atoms with E-state index in [2.05, 4.69) is 29.4 Å². The van der Waals surface area contributed by atoms with Gasteiger partial charge >= 0.3 is 0 Å². The van der Waals surface area contributed by atoms with Crippen LogP contribution in [0.2, 0.25) is 0 Å². The number of rotatable bonds is 8. The molecule has 1 aromatic carbocycles. The summed E-state index contributed by atoms with van der Waals surface area (Å²) in [4.78, 5) is 27.8. The van der Waals surface area contributed by atoms with Gasteiger partial charge in [-0.15, -0.1) is 0 Å². The normalized spacial score (nSPS) is 15.4. The summed E-state index contributed by atoms with van der Waals surface area (Å²) < 4.78 is 0. The molecule has 2 rings (SSSR count). The van der Waals surface area contributed by atoms with Crippen LogP contribution >= 0.6 is 0 Å². The van der Waals surface area contributed by atoms with E-state index in [0.717, 1.165) is 38.8 Å². The Morgan fingerprint density at radius 1 is 1.21 bits per heavy atom. The van der Waals surface area contributed by atoms with Crippen LogP contribution in [0, 0.1) is 0 Å². The minimum absolute atomic E-state index is 0.0454. The number of benzene rings is 1. The van der Waals surface area contributed by atoms with E-state index in [-0.39, 0.29) is 18.4 Å². The molecule has 2 amide bonds. The number of likely N-dealkylation sites (tertiary alicyclic amines) is 1. The topological polar surface area (TPSA) is 52.7 Å². The third-order valence-corrected chi connectivity index (χ3v) is 4.34. The van der Waals surface area contributed by atoms with Crippen molar-refractivity contribution in [2.45, 2.75) is 38.6 Å². The summed E-state index contributed by atoms with van der Waals surface area (Å²) in [6.07, 6.45) is 4.52. The highest BCUT2D eigenvalue weighted by atomic mass is 16.2. The number of carbonyl (C=O) groups is 2. The first-order valence-corrected chi connectivity index (χ1v) is 8.92. The van der Waals surface area contributed by atoms with Crippen molar-refractivity contribution < 1.29 is 9.59 Å². The van der Waals surface area contributed by atoms with Gasteiger partial charge in [0.05, 0.1) is 6.54 Å². The number of amides is 2. The average Bonchev–Trinajstić information content (AvgIpc) is 2.77. The Labute approximate surface area is 145 Å². The lowest BCUT2D eigenvalue weighted by Gasteiger charge is -2.20. The number of nitrogens with one attached hydrogen (secondary N) is 1. The van der Waals surface area contributed by atoms with Gasteiger partial charge in [0, 0.05) is 26.1 Å². The number of hydrogen-bond donors (Lipinski definition) is 1. The first-order valence-electron chi connectivity index (χ1n) is 8.92. The quantitative estimate of drug-likeness (QED) is 0.742. The molecule has 1 saturated heterocycles. The van der Waals surface area contributed by atoms with Crippen molar-refractivity contribution in [2.75, 3.05) is 33.2 Å². The van der Waals surface area contributed by atoms with Crippen molar-refractivity contribution in [3.05, 3.63) is 35.9 Å². The van der Waals surface area contributed by atoms with Gasteiger partial charge in [-0.25, -0.2) is 0 Å². The Hall–Kier alpha value is -1.88. The van der Waals surface area contributed by atoms with Crippen LogP contribution in [0.5, 0.6) is 0 Å². The predicted molar refractivity (Wildman–Crippen MR) is 95.5 cm³/mol. The van der Waals surface area contributed by atoms with Crippen LogP contribution < -0.4 is 5.32 Å². The molecule has 0 spiro atoms. The van der Waals surface area contributed by atoms with Gasteiger partial charge in [0.25, 0.3) is 0 Å². The van der Waals surface area contributed by atoms with E-state index in [1.165, 1.54) is 5.56 Å². The number of nitrogens with zero attached hydrogens (tertiary/aromatic N) is 2. The molecule has 1 N–H and O–H groups in total. The van der Waals surface area contributed by atoms with Gasteiger partial charge < -0.3 is 15.1 Å². The van der Waals surface area contributed by atoms with E-state index < -0.39 is 0 Å². The average molecular weight is 331 g/mol. The van der Waals surface area contributed by atoms with Crippen LogP contribution in [0.25, 0.3) is 0 Å². The van der Waals surface area contributed by atoms with Gasteiger partial charge in [-0.2, -0.15) is 0 Å². The Bertz CT molecular complexity index is 519. The largest absolute Gasteiger partial charge is 0.355 e. The second-order valence-electron chi connectivity index (χ2n) is 6.55. The van der Waals surface area contributed by atoms with Crippen LogP contribution in [0.1, 0.15) is 37.7 Å². The van der Waals surface area contributed by atoms with Gasteiger partial charge in [0.15, 0.2) is 0 Å². The van der Waals surface area contributed by atoms with Crippen molar-refractivity contribution in [3.8, 4) is 0 Å². The molecule has 132 valence electrons. The minimum atomic E-state index is -0.0454. The predicted octanol–water partition coefficient (Wildman–Crippen LogP) is 2.03. The molecule has 0 atom stereocenters. The van der Waals surface area contributed by atoms with Crippen LogP contribution in [0.3, 0.4) is 0 Å². The SMILES string of the molecule is CN(CCCNC(=O)CN1CCCCCC1=O)Cc1ccccc1. The standard InChI is InChI=1S/C19H29N3O2/c1-21(15-17-9-4-2-5-10-17)13-8-12-20-18(23)16-22-14-7-3-6-11-19(22)24/h2,4-5,9-10H,3,6-8,11-16H2,1H3,(H,20,23). The molecule has 1 fully saturated rings. The van der Waals surface area contributed by atoms with Gasteiger partial charge in [0.2, 0.25) is 11.8 Å². The molecule has 24 heavy (non-hydrogen) atoms. The molecule has 0 unspecified atom stereocenters. The van der Waals surface area contributed by atoms with E-state index in [4.69, 9.17) is 0 Å². The maximum absolute atomic E-state index is 12.0. The highest BCUT2D eigenvalue weighted by Crippen LogP contribution is 2.10. The van der Waals surface area contributed by atoms with E-state index in [1.807, 2.05) is 18.2 Å². The van der Waals surface area contributed by atoms with Gasteiger partial charge in [0.1, 0.15) is 0 Å². The fourth-order valence-corrected chi connectivity index (χ4v) is 2.99. The maximum Gasteiger partial charge on any atom is 0.239 e. The summed E-state index contributed by atoms with van der Waals surface area (Å²) in [5.74, 6) is 0.0706. The molecule has 1 aromatic rings. The minimum Gasteiger partial charge on any atom is -0.355 e. The Morgan fingerprint density at radius 3 is 2.79 bits per heavy atom. The zero-order valence-electron chi connectivity index (χ0n) is 14.7.